The molecular weight excluding hydrogens is 240 g/mol. The zero-order valence-corrected chi connectivity index (χ0v) is 11.6. The minimum atomic E-state index is -0.0426. The van der Waals surface area contributed by atoms with Gasteiger partial charge in [0.2, 0.25) is 0 Å². The van der Waals surface area contributed by atoms with Gasteiger partial charge in [0.15, 0.2) is 0 Å². The number of benzene rings is 1. The van der Waals surface area contributed by atoms with Gasteiger partial charge in [-0.2, -0.15) is 0 Å². The second-order valence-electron chi connectivity index (χ2n) is 5.26. The molecule has 0 saturated carbocycles. The number of carbonyl (C=O) groups excluding carboxylic acids is 1. The monoisotopic (exact) mass is 262 g/mol. The number of hydrogen-bond acceptors (Lipinski definition) is 3. The van der Waals surface area contributed by atoms with E-state index in [2.05, 4.69) is 10.6 Å². The van der Waals surface area contributed by atoms with E-state index in [-0.39, 0.29) is 11.9 Å². The molecule has 0 radical (unpaired) electrons. The van der Waals surface area contributed by atoms with Gasteiger partial charge in [0.1, 0.15) is 12.4 Å². The van der Waals surface area contributed by atoms with Crippen LogP contribution in [0.5, 0.6) is 5.75 Å². The van der Waals surface area contributed by atoms with Gasteiger partial charge >= 0.3 is 0 Å². The second kappa shape index (κ2) is 6.57. The van der Waals surface area contributed by atoms with Crippen molar-refractivity contribution in [3.8, 4) is 5.75 Å². The highest BCUT2D eigenvalue weighted by Gasteiger charge is 2.14. The molecule has 2 N–H and O–H groups in total. The first-order valence-electron chi connectivity index (χ1n) is 6.92. The number of nitrogens with one attached hydrogen (secondary N) is 2. The molecule has 0 aliphatic carbocycles. The SMILES string of the molecule is CC(C)NC(=O)c1ccc(OCC2CCCN2)cc1. The van der Waals surface area contributed by atoms with Gasteiger partial charge in [-0.3, -0.25) is 4.79 Å². The molecule has 4 heteroatoms. The molecule has 2 rings (SSSR count). The predicted octanol–water partition coefficient (Wildman–Crippen LogP) is 1.96. The summed E-state index contributed by atoms with van der Waals surface area (Å²) >= 11 is 0. The molecule has 1 fully saturated rings. The van der Waals surface area contributed by atoms with E-state index in [0.29, 0.717) is 18.2 Å². The highest BCUT2D eigenvalue weighted by molar-refractivity contribution is 5.94. The highest BCUT2D eigenvalue weighted by atomic mass is 16.5. The van der Waals surface area contributed by atoms with E-state index in [1.165, 1.54) is 12.8 Å². The van der Waals surface area contributed by atoms with Crippen molar-refractivity contribution in [2.75, 3.05) is 13.2 Å². The molecule has 4 nitrogen and oxygen atoms in total. The first-order chi connectivity index (χ1) is 9.15. The summed E-state index contributed by atoms with van der Waals surface area (Å²) in [5.41, 5.74) is 0.667. The Bertz CT molecular complexity index is 409. The zero-order valence-electron chi connectivity index (χ0n) is 11.6. The minimum absolute atomic E-state index is 0.0426. The smallest absolute Gasteiger partial charge is 0.251 e. The van der Waals surface area contributed by atoms with E-state index in [4.69, 9.17) is 4.74 Å². The molecule has 1 heterocycles. The Morgan fingerprint density at radius 1 is 1.42 bits per heavy atom. The van der Waals surface area contributed by atoms with Crippen LogP contribution in [0.1, 0.15) is 37.0 Å². The van der Waals surface area contributed by atoms with E-state index >= 15 is 0 Å². The summed E-state index contributed by atoms with van der Waals surface area (Å²) in [6.45, 7) is 5.67. The van der Waals surface area contributed by atoms with Crippen molar-refractivity contribution in [2.45, 2.75) is 38.8 Å². The van der Waals surface area contributed by atoms with E-state index in [0.717, 1.165) is 12.3 Å². The summed E-state index contributed by atoms with van der Waals surface area (Å²) in [4.78, 5) is 11.8. The first-order valence-corrected chi connectivity index (χ1v) is 6.92. The average Bonchev–Trinajstić information content (AvgIpc) is 2.89. The summed E-state index contributed by atoms with van der Waals surface area (Å²) in [5, 5.41) is 6.25. The molecule has 104 valence electrons. The van der Waals surface area contributed by atoms with Crippen LogP contribution in [0.4, 0.5) is 0 Å². The van der Waals surface area contributed by atoms with Gasteiger partial charge < -0.3 is 15.4 Å². The van der Waals surface area contributed by atoms with Crippen LogP contribution in [0.2, 0.25) is 0 Å². The molecule has 0 aromatic heterocycles. The normalized spacial score (nSPS) is 18.6. The lowest BCUT2D eigenvalue weighted by Gasteiger charge is -2.12. The van der Waals surface area contributed by atoms with E-state index in [1.54, 1.807) is 12.1 Å². The Morgan fingerprint density at radius 2 is 2.16 bits per heavy atom. The lowest BCUT2D eigenvalue weighted by Crippen LogP contribution is -2.30. The third-order valence-corrected chi connectivity index (χ3v) is 3.15. The topological polar surface area (TPSA) is 50.4 Å². The number of ether oxygens (including phenoxy) is 1. The molecule has 19 heavy (non-hydrogen) atoms. The van der Waals surface area contributed by atoms with Gasteiger partial charge in [0.05, 0.1) is 0 Å². The molecule has 1 unspecified atom stereocenters. The quantitative estimate of drug-likeness (QED) is 0.853. The maximum Gasteiger partial charge on any atom is 0.251 e. The summed E-state index contributed by atoms with van der Waals surface area (Å²) in [7, 11) is 0. The van der Waals surface area contributed by atoms with Crippen LogP contribution in [0.3, 0.4) is 0 Å². The van der Waals surface area contributed by atoms with Gasteiger partial charge in [-0.15, -0.1) is 0 Å². The van der Waals surface area contributed by atoms with Crippen LogP contribution < -0.4 is 15.4 Å². The molecule has 1 aliphatic heterocycles. The van der Waals surface area contributed by atoms with Crippen LogP contribution in [0.25, 0.3) is 0 Å². The fourth-order valence-corrected chi connectivity index (χ4v) is 2.14. The molecule has 1 aliphatic rings. The number of amides is 1. The molecule has 1 aromatic rings. The molecule has 0 bridgehead atoms. The van der Waals surface area contributed by atoms with Crippen LogP contribution in [-0.4, -0.2) is 31.1 Å². The maximum absolute atomic E-state index is 11.8. The Balaban J connectivity index is 1.85. The highest BCUT2D eigenvalue weighted by Crippen LogP contribution is 2.14. The predicted molar refractivity (Wildman–Crippen MR) is 75.6 cm³/mol. The Kier molecular flexibility index (Phi) is 4.80. The molecular formula is C15H22N2O2. The Hall–Kier alpha value is -1.55. The third-order valence-electron chi connectivity index (χ3n) is 3.15. The fourth-order valence-electron chi connectivity index (χ4n) is 2.14. The van der Waals surface area contributed by atoms with Crippen LogP contribution in [0, 0.1) is 0 Å². The summed E-state index contributed by atoms with van der Waals surface area (Å²) in [6, 6.07) is 7.92. The summed E-state index contributed by atoms with van der Waals surface area (Å²) < 4.78 is 5.71. The largest absolute Gasteiger partial charge is 0.492 e. The number of hydrogen-bond donors (Lipinski definition) is 2. The zero-order chi connectivity index (χ0) is 13.7. The van der Waals surface area contributed by atoms with Gasteiger partial charge in [0.25, 0.3) is 5.91 Å². The van der Waals surface area contributed by atoms with Gasteiger partial charge in [0, 0.05) is 17.6 Å². The lowest BCUT2D eigenvalue weighted by molar-refractivity contribution is 0.0943. The third kappa shape index (κ3) is 4.24. The van der Waals surface area contributed by atoms with Gasteiger partial charge in [-0.1, -0.05) is 0 Å². The number of carbonyl (C=O) groups is 1. The molecule has 0 spiro atoms. The van der Waals surface area contributed by atoms with Crippen molar-refractivity contribution in [3.05, 3.63) is 29.8 Å². The van der Waals surface area contributed by atoms with Crippen molar-refractivity contribution >= 4 is 5.91 Å². The minimum Gasteiger partial charge on any atom is -0.492 e. The Labute approximate surface area is 114 Å². The summed E-state index contributed by atoms with van der Waals surface area (Å²) in [6.07, 6.45) is 2.40. The molecule has 1 aromatic carbocycles. The van der Waals surface area contributed by atoms with Crippen molar-refractivity contribution < 1.29 is 9.53 Å². The van der Waals surface area contributed by atoms with Crippen LogP contribution in [0.15, 0.2) is 24.3 Å². The molecule has 1 saturated heterocycles. The maximum atomic E-state index is 11.8. The van der Waals surface area contributed by atoms with Crippen molar-refractivity contribution in [3.63, 3.8) is 0 Å². The number of rotatable bonds is 5. The van der Waals surface area contributed by atoms with E-state index in [1.807, 2.05) is 26.0 Å². The molecule has 1 amide bonds. The van der Waals surface area contributed by atoms with E-state index < -0.39 is 0 Å². The van der Waals surface area contributed by atoms with Gasteiger partial charge in [-0.05, 0) is 57.5 Å². The second-order valence-corrected chi connectivity index (χ2v) is 5.26. The van der Waals surface area contributed by atoms with Crippen LogP contribution >= 0.6 is 0 Å². The molecule has 1 atom stereocenters. The lowest BCUT2D eigenvalue weighted by atomic mass is 10.2. The van der Waals surface area contributed by atoms with Crippen molar-refractivity contribution in [1.29, 1.82) is 0 Å². The Morgan fingerprint density at radius 3 is 2.74 bits per heavy atom. The van der Waals surface area contributed by atoms with Crippen LogP contribution in [-0.2, 0) is 0 Å². The van der Waals surface area contributed by atoms with Crippen molar-refractivity contribution in [2.24, 2.45) is 0 Å². The fraction of sp³-hybridized carbons (Fsp3) is 0.533. The first kappa shape index (κ1) is 13.9. The average molecular weight is 262 g/mol. The van der Waals surface area contributed by atoms with Crippen molar-refractivity contribution in [1.82, 2.24) is 10.6 Å². The van der Waals surface area contributed by atoms with Gasteiger partial charge in [-0.25, -0.2) is 0 Å². The van der Waals surface area contributed by atoms with E-state index in [9.17, 15) is 4.79 Å². The standard InChI is InChI=1S/C15H22N2O2/c1-11(2)17-15(18)12-5-7-14(8-6-12)19-10-13-4-3-9-16-13/h5-8,11,13,16H,3-4,9-10H2,1-2H3,(H,17,18). The summed E-state index contributed by atoms with van der Waals surface area (Å²) in [5.74, 6) is 0.772.